The third kappa shape index (κ3) is 4.66. The number of aliphatic carboxylic acids is 1. The molecule has 1 rings (SSSR count). The molecule has 1 fully saturated rings. The van der Waals surface area contributed by atoms with Crippen LogP contribution in [-0.2, 0) is 14.6 Å². The largest absolute Gasteiger partial charge is 0.481 e. The molecular formula is C12H22N2O5S. The Morgan fingerprint density at radius 3 is 2.55 bits per heavy atom. The van der Waals surface area contributed by atoms with E-state index in [1.165, 1.54) is 11.9 Å². The van der Waals surface area contributed by atoms with Crippen molar-refractivity contribution in [1.82, 2.24) is 10.2 Å². The molecule has 116 valence electrons. The highest BCUT2D eigenvalue weighted by Crippen LogP contribution is 2.16. The number of carboxylic acids is 1. The third-order valence-corrected chi connectivity index (χ3v) is 5.31. The summed E-state index contributed by atoms with van der Waals surface area (Å²) in [6.45, 7) is 1.94. The molecule has 1 heterocycles. The van der Waals surface area contributed by atoms with Gasteiger partial charge in [-0.1, -0.05) is 13.3 Å². The summed E-state index contributed by atoms with van der Waals surface area (Å²) in [6, 6.07) is -0.746. The average molecular weight is 306 g/mol. The van der Waals surface area contributed by atoms with Gasteiger partial charge in [-0.3, -0.25) is 4.79 Å². The third-order valence-electron chi connectivity index (χ3n) is 3.56. The number of hydrogen-bond donors (Lipinski definition) is 2. The average Bonchev–Trinajstić information content (AvgIpc) is 2.73. The first-order chi connectivity index (χ1) is 9.26. The van der Waals surface area contributed by atoms with E-state index in [1.807, 2.05) is 6.92 Å². The molecule has 2 atom stereocenters. The van der Waals surface area contributed by atoms with Gasteiger partial charge in [0.1, 0.15) is 0 Å². The van der Waals surface area contributed by atoms with Crippen molar-refractivity contribution in [2.45, 2.75) is 32.2 Å². The van der Waals surface area contributed by atoms with E-state index in [0.717, 1.165) is 6.42 Å². The van der Waals surface area contributed by atoms with Gasteiger partial charge in [-0.05, 0) is 12.8 Å². The molecule has 0 aromatic carbocycles. The van der Waals surface area contributed by atoms with Crippen molar-refractivity contribution in [1.29, 1.82) is 0 Å². The Morgan fingerprint density at radius 2 is 2.10 bits per heavy atom. The topological polar surface area (TPSA) is 104 Å². The summed E-state index contributed by atoms with van der Waals surface area (Å²) < 4.78 is 22.7. The predicted molar refractivity (Wildman–Crippen MR) is 74.3 cm³/mol. The van der Waals surface area contributed by atoms with Crippen molar-refractivity contribution in [3.8, 4) is 0 Å². The maximum Gasteiger partial charge on any atom is 0.317 e. The van der Waals surface area contributed by atoms with E-state index in [0.29, 0.717) is 12.8 Å². The molecule has 0 aromatic heterocycles. The lowest BCUT2D eigenvalue weighted by Crippen LogP contribution is -2.46. The fourth-order valence-electron chi connectivity index (χ4n) is 2.24. The lowest BCUT2D eigenvalue weighted by Gasteiger charge is -2.24. The Labute approximate surface area is 119 Å². The van der Waals surface area contributed by atoms with Gasteiger partial charge in [-0.2, -0.15) is 0 Å². The number of amides is 2. The van der Waals surface area contributed by atoms with Crippen LogP contribution in [0.4, 0.5) is 4.79 Å². The van der Waals surface area contributed by atoms with Gasteiger partial charge in [0.05, 0.1) is 17.4 Å². The van der Waals surface area contributed by atoms with Gasteiger partial charge in [0.25, 0.3) is 0 Å². The van der Waals surface area contributed by atoms with Gasteiger partial charge < -0.3 is 15.3 Å². The lowest BCUT2D eigenvalue weighted by atomic mass is 10.0. The van der Waals surface area contributed by atoms with Crippen molar-refractivity contribution in [3.63, 3.8) is 0 Å². The van der Waals surface area contributed by atoms with Gasteiger partial charge in [0.2, 0.25) is 0 Å². The van der Waals surface area contributed by atoms with E-state index in [4.69, 9.17) is 5.11 Å². The number of carbonyl (C=O) groups excluding carboxylic acids is 1. The molecule has 7 nitrogen and oxygen atoms in total. The number of hydrogen-bond acceptors (Lipinski definition) is 4. The van der Waals surface area contributed by atoms with Crippen LogP contribution in [-0.4, -0.2) is 61.6 Å². The second-order valence-corrected chi connectivity index (χ2v) is 7.41. The SMILES string of the molecule is CCCC(CNC(=O)N(C)C1CCS(=O)(=O)C1)C(=O)O. The first-order valence-electron chi connectivity index (χ1n) is 6.70. The van der Waals surface area contributed by atoms with Gasteiger partial charge in [0.15, 0.2) is 9.84 Å². The number of nitrogens with one attached hydrogen (secondary N) is 1. The summed E-state index contributed by atoms with van der Waals surface area (Å²) in [5, 5.41) is 11.6. The number of nitrogens with zero attached hydrogens (tertiary/aromatic N) is 1. The number of carboxylic acid groups (broad SMARTS) is 1. The summed E-state index contributed by atoms with van der Waals surface area (Å²) >= 11 is 0. The summed E-state index contributed by atoms with van der Waals surface area (Å²) in [5.74, 6) is -1.46. The Kier molecular flexibility index (Phi) is 5.79. The van der Waals surface area contributed by atoms with Crippen molar-refractivity contribution in [2.75, 3.05) is 25.1 Å². The highest BCUT2D eigenvalue weighted by molar-refractivity contribution is 7.91. The second-order valence-electron chi connectivity index (χ2n) is 5.18. The molecule has 0 bridgehead atoms. The van der Waals surface area contributed by atoms with E-state index in [2.05, 4.69) is 5.32 Å². The maximum absolute atomic E-state index is 11.9. The van der Waals surface area contributed by atoms with E-state index in [-0.39, 0.29) is 24.1 Å². The van der Waals surface area contributed by atoms with E-state index >= 15 is 0 Å². The van der Waals surface area contributed by atoms with Crippen molar-refractivity contribution in [2.24, 2.45) is 5.92 Å². The molecule has 0 aliphatic carbocycles. The van der Waals surface area contributed by atoms with Crippen molar-refractivity contribution in [3.05, 3.63) is 0 Å². The van der Waals surface area contributed by atoms with E-state index in [1.54, 1.807) is 0 Å². The molecular weight excluding hydrogens is 284 g/mol. The normalized spacial score (nSPS) is 22.2. The zero-order valence-electron chi connectivity index (χ0n) is 11.8. The molecule has 1 aliphatic rings. The van der Waals surface area contributed by atoms with Gasteiger partial charge >= 0.3 is 12.0 Å². The summed E-state index contributed by atoms with van der Waals surface area (Å²) in [4.78, 5) is 24.2. The Bertz CT molecular complexity index is 462. The fraction of sp³-hybridized carbons (Fsp3) is 0.833. The first kappa shape index (κ1) is 16.7. The highest BCUT2D eigenvalue weighted by atomic mass is 32.2. The van der Waals surface area contributed by atoms with Crippen LogP contribution in [0.5, 0.6) is 0 Å². The van der Waals surface area contributed by atoms with E-state index < -0.39 is 27.8 Å². The van der Waals surface area contributed by atoms with Crippen molar-refractivity contribution < 1.29 is 23.1 Å². The predicted octanol–water partition coefficient (Wildman–Crippen LogP) is 0.316. The summed E-state index contributed by atoms with van der Waals surface area (Å²) in [5.41, 5.74) is 0. The van der Waals surface area contributed by atoms with Crippen LogP contribution in [0.2, 0.25) is 0 Å². The molecule has 0 saturated carbocycles. The molecule has 2 unspecified atom stereocenters. The number of carbonyl (C=O) groups is 2. The molecule has 2 amide bonds. The van der Waals surface area contributed by atoms with Gasteiger partial charge in [-0.25, -0.2) is 13.2 Å². The van der Waals surface area contributed by atoms with Crippen LogP contribution in [0.15, 0.2) is 0 Å². The molecule has 20 heavy (non-hydrogen) atoms. The Balaban J connectivity index is 2.48. The minimum atomic E-state index is -3.04. The minimum absolute atomic E-state index is 0.0196. The second kappa shape index (κ2) is 6.92. The first-order valence-corrected chi connectivity index (χ1v) is 8.53. The zero-order valence-corrected chi connectivity index (χ0v) is 12.6. The van der Waals surface area contributed by atoms with Crippen LogP contribution >= 0.6 is 0 Å². The zero-order chi connectivity index (χ0) is 15.3. The van der Waals surface area contributed by atoms with Crippen LogP contribution in [0, 0.1) is 5.92 Å². The summed E-state index contributed by atoms with van der Waals surface area (Å²) in [7, 11) is -1.50. The van der Waals surface area contributed by atoms with Crippen LogP contribution in [0.1, 0.15) is 26.2 Å². The Morgan fingerprint density at radius 1 is 1.45 bits per heavy atom. The molecule has 0 spiro atoms. The van der Waals surface area contributed by atoms with Crippen molar-refractivity contribution >= 4 is 21.8 Å². The molecule has 0 radical (unpaired) electrons. The van der Waals surface area contributed by atoms with Crippen LogP contribution < -0.4 is 5.32 Å². The molecule has 2 N–H and O–H groups in total. The quantitative estimate of drug-likeness (QED) is 0.735. The number of rotatable bonds is 6. The van der Waals surface area contributed by atoms with Gasteiger partial charge in [-0.15, -0.1) is 0 Å². The molecule has 0 aromatic rings. The monoisotopic (exact) mass is 306 g/mol. The van der Waals surface area contributed by atoms with Crippen LogP contribution in [0.3, 0.4) is 0 Å². The number of urea groups is 1. The standard InChI is InChI=1S/C12H22N2O5S/c1-3-4-9(11(15)16)7-13-12(17)14(2)10-5-6-20(18,19)8-10/h9-10H,3-8H2,1-2H3,(H,13,17)(H,15,16). The van der Waals surface area contributed by atoms with Gasteiger partial charge in [0, 0.05) is 19.6 Å². The Hall–Kier alpha value is -1.31. The highest BCUT2D eigenvalue weighted by Gasteiger charge is 2.33. The number of sulfone groups is 1. The minimum Gasteiger partial charge on any atom is -0.481 e. The molecule has 1 saturated heterocycles. The molecule has 1 aliphatic heterocycles. The van der Waals surface area contributed by atoms with Crippen LogP contribution in [0.25, 0.3) is 0 Å². The summed E-state index contributed by atoms with van der Waals surface area (Å²) in [6.07, 6.45) is 1.66. The van der Waals surface area contributed by atoms with E-state index in [9.17, 15) is 18.0 Å². The fourth-order valence-corrected chi connectivity index (χ4v) is 4.02. The molecule has 8 heteroatoms. The maximum atomic E-state index is 11.9. The lowest BCUT2D eigenvalue weighted by molar-refractivity contribution is -0.141. The smallest absolute Gasteiger partial charge is 0.317 e.